The molecule has 118 valence electrons. The second-order valence-electron chi connectivity index (χ2n) is 6.15. The molecule has 0 amide bonds. The van der Waals surface area contributed by atoms with E-state index in [4.69, 9.17) is 11.6 Å². The standard InChI is InChI=1S/C19H21ClF2/c1-12(2)15-8-14(9-17(22)10-15)5-4-13(3)18-7-6-16(21)11-19(18)20/h6-13H,4-5H2,1-3H3. The summed E-state index contributed by atoms with van der Waals surface area (Å²) in [4.78, 5) is 0. The van der Waals surface area contributed by atoms with Crippen LogP contribution in [0.1, 0.15) is 55.7 Å². The Hall–Kier alpha value is -1.41. The summed E-state index contributed by atoms with van der Waals surface area (Å²) < 4.78 is 26.8. The first-order valence-electron chi connectivity index (χ1n) is 7.61. The van der Waals surface area contributed by atoms with Gasteiger partial charge in [-0.05, 0) is 65.6 Å². The average Bonchev–Trinajstić information content (AvgIpc) is 2.44. The van der Waals surface area contributed by atoms with E-state index >= 15 is 0 Å². The molecule has 0 radical (unpaired) electrons. The molecular formula is C19H21ClF2. The first-order valence-corrected chi connectivity index (χ1v) is 7.99. The lowest BCUT2D eigenvalue weighted by molar-refractivity contribution is 0.613. The SMILES string of the molecule is CC(C)c1cc(F)cc(CCC(C)c2ccc(F)cc2Cl)c1. The van der Waals surface area contributed by atoms with E-state index in [9.17, 15) is 8.78 Å². The lowest BCUT2D eigenvalue weighted by Gasteiger charge is -2.15. The first-order chi connectivity index (χ1) is 10.4. The van der Waals surface area contributed by atoms with E-state index in [1.54, 1.807) is 18.2 Å². The molecule has 2 aromatic rings. The Morgan fingerprint density at radius 2 is 1.68 bits per heavy atom. The summed E-state index contributed by atoms with van der Waals surface area (Å²) >= 11 is 6.10. The predicted molar refractivity (Wildman–Crippen MR) is 88.6 cm³/mol. The average molecular weight is 323 g/mol. The fourth-order valence-corrected chi connectivity index (χ4v) is 2.95. The van der Waals surface area contributed by atoms with E-state index < -0.39 is 0 Å². The van der Waals surface area contributed by atoms with E-state index in [1.807, 2.05) is 0 Å². The summed E-state index contributed by atoms with van der Waals surface area (Å²) in [5.41, 5.74) is 2.94. The number of hydrogen-bond donors (Lipinski definition) is 0. The Labute approximate surface area is 136 Å². The third-order valence-corrected chi connectivity index (χ3v) is 4.33. The van der Waals surface area contributed by atoms with Gasteiger partial charge in [-0.2, -0.15) is 0 Å². The maximum absolute atomic E-state index is 13.7. The lowest BCUT2D eigenvalue weighted by Crippen LogP contribution is -2.00. The zero-order valence-corrected chi connectivity index (χ0v) is 13.9. The highest BCUT2D eigenvalue weighted by atomic mass is 35.5. The van der Waals surface area contributed by atoms with E-state index in [0.29, 0.717) is 10.9 Å². The minimum absolute atomic E-state index is 0.186. The molecular weight excluding hydrogens is 302 g/mol. The number of benzene rings is 2. The first kappa shape index (κ1) is 17.0. The Morgan fingerprint density at radius 3 is 2.32 bits per heavy atom. The smallest absolute Gasteiger partial charge is 0.124 e. The van der Waals surface area contributed by atoms with Crippen LogP contribution in [0.2, 0.25) is 5.02 Å². The molecule has 1 atom stereocenters. The molecule has 0 saturated carbocycles. The van der Waals surface area contributed by atoms with Crippen molar-refractivity contribution in [2.24, 2.45) is 0 Å². The second kappa shape index (κ2) is 7.23. The van der Waals surface area contributed by atoms with Crippen LogP contribution in [0.4, 0.5) is 8.78 Å². The number of rotatable bonds is 5. The molecule has 3 heteroatoms. The van der Waals surface area contributed by atoms with Crippen LogP contribution in [-0.4, -0.2) is 0 Å². The normalized spacial score (nSPS) is 12.7. The van der Waals surface area contributed by atoms with Gasteiger partial charge < -0.3 is 0 Å². The highest BCUT2D eigenvalue weighted by Crippen LogP contribution is 2.29. The molecule has 0 aliphatic rings. The molecule has 0 aliphatic heterocycles. The van der Waals surface area contributed by atoms with Gasteiger partial charge in [0.1, 0.15) is 11.6 Å². The summed E-state index contributed by atoms with van der Waals surface area (Å²) in [6.45, 7) is 6.17. The van der Waals surface area contributed by atoms with Crippen LogP contribution < -0.4 is 0 Å². The van der Waals surface area contributed by atoms with Gasteiger partial charge in [0.2, 0.25) is 0 Å². The topological polar surface area (TPSA) is 0 Å². The van der Waals surface area contributed by atoms with Crippen molar-refractivity contribution in [3.05, 3.63) is 69.7 Å². The zero-order valence-electron chi connectivity index (χ0n) is 13.2. The van der Waals surface area contributed by atoms with Crippen molar-refractivity contribution in [2.75, 3.05) is 0 Å². The predicted octanol–water partition coefficient (Wildman–Crippen LogP) is 6.48. The lowest BCUT2D eigenvalue weighted by atomic mass is 9.92. The van der Waals surface area contributed by atoms with Crippen molar-refractivity contribution < 1.29 is 8.78 Å². The molecule has 0 saturated heterocycles. The van der Waals surface area contributed by atoms with Crippen LogP contribution in [0, 0.1) is 11.6 Å². The van der Waals surface area contributed by atoms with E-state index in [0.717, 1.165) is 29.5 Å². The highest BCUT2D eigenvalue weighted by molar-refractivity contribution is 6.31. The van der Waals surface area contributed by atoms with Crippen LogP contribution in [0.25, 0.3) is 0 Å². The summed E-state index contributed by atoms with van der Waals surface area (Å²) in [6.07, 6.45) is 1.61. The maximum Gasteiger partial charge on any atom is 0.124 e. The van der Waals surface area contributed by atoms with E-state index in [1.165, 1.54) is 12.1 Å². The molecule has 2 aromatic carbocycles. The quantitative estimate of drug-likeness (QED) is 0.591. The van der Waals surface area contributed by atoms with Gasteiger partial charge in [-0.15, -0.1) is 0 Å². The minimum atomic E-state index is -0.326. The largest absolute Gasteiger partial charge is 0.207 e. The van der Waals surface area contributed by atoms with Gasteiger partial charge in [-0.3, -0.25) is 0 Å². The van der Waals surface area contributed by atoms with E-state index in [2.05, 4.69) is 26.8 Å². The van der Waals surface area contributed by atoms with Gasteiger partial charge in [0.05, 0.1) is 0 Å². The van der Waals surface area contributed by atoms with Gasteiger partial charge in [-0.25, -0.2) is 8.78 Å². The maximum atomic E-state index is 13.7. The molecule has 2 rings (SSSR count). The van der Waals surface area contributed by atoms with Crippen molar-refractivity contribution in [2.45, 2.75) is 45.4 Å². The molecule has 0 bridgehead atoms. The Balaban J connectivity index is 2.09. The summed E-state index contributed by atoms with van der Waals surface area (Å²) in [7, 11) is 0. The van der Waals surface area contributed by atoms with Crippen molar-refractivity contribution in [3.8, 4) is 0 Å². The monoisotopic (exact) mass is 322 g/mol. The van der Waals surface area contributed by atoms with Gasteiger partial charge >= 0.3 is 0 Å². The molecule has 0 N–H and O–H groups in total. The fourth-order valence-electron chi connectivity index (χ4n) is 2.59. The van der Waals surface area contributed by atoms with Gasteiger partial charge in [0, 0.05) is 5.02 Å². The third kappa shape index (κ3) is 4.30. The molecule has 0 spiro atoms. The summed E-state index contributed by atoms with van der Waals surface area (Å²) in [6, 6.07) is 9.74. The Bertz CT molecular complexity index is 650. The molecule has 0 aliphatic carbocycles. The summed E-state index contributed by atoms with van der Waals surface area (Å²) in [5, 5.41) is 0.453. The second-order valence-corrected chi connectivity index (χ2v) is 6.56. The van der Waals surface area contributed by atoms with Gasteiger partial charge in [-0.1, -0.05) is 44.5 Å². The van der Waals surface area contributed by atoms with Gasteiger partial charge in [0.25, 0.3) is 0 Å². The molecule has 0 fully saturated rings. The molecule has 0 nitrogen and oxygen atoms in total. The molecule has 0 heterocycles. The fraction of sp³-hybridized carbons (Fsp3) is 0.368. The van der Waals surface area contributed by atoms with Crippen LogP contribution in [0.5, 0.6) is 0 Å². The van der Waals surface area contributed by atoms with Crippen molar-refractivity contribution in [3.63, 3.8) is 0 Å². The molecule has 0 aromatic heterocycles. The number of halogens is 3. The Kier molecular flexibility index (Phi) is 5.57. The molecule has 22 heavy (non-hydrogen) atoms. The van der Waals surface area contributed by atoms with Crippen molar-refractivity contribution >= 4 is 11.6 Å². The highest BCUT2D eigenvalue weighted by Gasteiger charge is 2.12. The zero-order chi connectivity index (χ0) is 16.3. The van der Waals surface area contributed by atoms with Crippen molar-refractivity contribution in [1.29, 1.82) is 0 Å². The molecule has 1 unspecified atom stereocenters. The Morgan fingerprint density at radius 1 is 0.955 bits per heavy atom. The van der Waals surface area contributed by atoms with Crippen LogP contribution in [0.15, 0.2) is 36.4 Å². The third-order valence-electron chi connectivity index (χ3n) is 4.01. The van der Waals surface area contributed by atoms with E-state index in [-0.39, 0.29) is 17.6 Å². The van der Waals surface area contributed by atoms with Crippen molar-refractivity contribution in [1.82, 2.24) is 0 Å². The number of hydrogen-bond acceptors (Lipinski definition) is 0. The van der Waals surface area contributed by atoms with Crippen LogP contribution in [0.3, 0.4) is 0 Å². The van der Waals surface area contributed by atoms with Gasteiger partial charge in [0.15, 0.2) is 0 Å². The minimum Gasteiger partial charge on any atom is -0.207 e. The van der Waals surface area contributed by atoms with Crippen LogP contribution in [-0.2, 0) is 6.42 Å². The number of aryl methyl sites for hydroxylation is 1. The van der Waals surface area contributed by atoms with Crippen LogP contribution >= 0.6 is 11.6 Å². The summed E-state index contributed by atoms with van der Waals surface area (Å²) in [5.74, 6) is -0.0152.